The number of non-ortho nitro benzene ring substituents is 1. The van der Waals surface area contributed by atoms with Crippen LogP contribution in [0.25, 0.3) is 17.4 Å². The molecule has 0 amide bonds. The summed E-state index contributed by atoms with van der Waals surface area (Å²) in [6.07, 6.45) is 0.147. The number of hydrogen-bond acceptors (Lipinski definition) is 7. The van der Waals surface area contributed by atoms with Gasteiger partial charge < -0.3 is 13.9 Å². The molecule has 1 fully saturated rings. The first-order chi connectivity index (χ1) is 14.4. The van der Waals surface area contributed by atoms with Crippen LogP contribution in [0.2, 0.25) is 0 Å². The normalized spacial score (nSPS) is 16.0. The zero-order chi connectivity index (χ0) is 21.3. The SMILES string of the molecule is Cc1cc([N+](=O)[O-])ccc1-c1ccc(C=C2C(=O)OC(c3ccccc3)OC2=O)o1. The van der Waals surface area contributed by atoms with E-state index in [2.05, 4.69) is 0 Å². The van der Waals surface area contributed by atoms with Crippen LogP contribution in [0.15, 0.2) is 70.7 Å². The Morgan fingerprint density at radius 1 is 0.967 bits per heavy atom. The zero-order valence-corrected chi connectivity index (χ0v) is 15.7. The second kappa shape index (κ2) is 7.67. The maximum atomic E-state index is 12.3. The number of cyclic esters (lactones) is 2. The van der Waals surface area contributed by atoms with Crippen molar-refractivity contribution in [3.05, 3.63) is 93.2 Å². The average molecular weight is 405 g/mol. The Labute approximate surface area is 170 Å². The summed E-state index contributed by atoms with van der Waals surface area (Å²) >= 11 is 0. The molecule has 8 heteroatoms. The first-order valence-corrected chi connectivity index (χ1v) is 8.96. The van der Waals surface area contributed by atoms with Crippen LogP contribution in [-0.4, -0.2) is 16.9 Å². The second-order valence-corrected chi connectivity index (χ2v) is 6.57. The molecule has 1 aliphatic rings. The molecule has 3 aromatic rings. The Hall–Kier alpha value is -4.20. The van der Waals surface area contributed by atoms with Gasteiger partial charge in [-0.2, -0.15) is 0 Å². The smallest absolute Gasteiger partial charge is 0.349 e. The number of hydrogen-bond donors (Lipinski definition) is 0. The molecule has 0 atom stereocenters. The first-order valence-electron chi connectivity index (χ1n) is 8.96. The number of furan rings is 1. The summed E-state index contributed by atoms with van der Waals surface area (Å²) in [5.41, 5.74) is 1.55. The van der Waals surface area contributed by atoms with Crippen LogP contribution in [0, 0.1) is 17.0 Å². The molecule has 1 aliphatic heterocycles. The van der Waals surface area contributed by atoms with Gasteiger partial charge in [0.25, 0.3) is 12.0 Å². The third kappa shape index (κ3) is 3.70. The summed E-state index contributed by atoms with van der Waals surface area (Å²) in [5.74, 6) is -0.951. The van der Waals surface area contributed by atoms with Crippen molar-refractivity contribution >= 4 is 23.7 Å². The van der Waals surface area contributed by atoms with Crippen molar-refractivity contribution in [1.82, 2.24) is 0 Å². The van der Waals surface area contributed by atoms with Gasteiger partial charge in [-0.05, 0) is 30.7 Å². The van der Waals surface area contributed by atoms with Crippen LogP contribution in [0.5, 0.6) is 0 Å². The fraction of sp³-hybridized carbons (Fsp3) is 0.0909. The van der Waals surface area contributed by atoms with E-state index in [1.807, 2.05) is 0 Å². The number of nitrogens with zero attached hydrogens (tertiary/aromatic N) is 1. The van der Waals surface area contributed by atoms with E-state index < -0.39 is 23.2 Å². The number of nitro benzene ring substituents is 1. The van der Waals surface area contributed by atoms with Gasteiger partial charge >= 0.3 is 11.9 Å². The lowest BCUT2D eigenvalue weighted by Crippen LogP contribution is -2.29. The van der Waals surface area contributed by atoms with Crippen LogP contribution < -0.4 is 0 Å². The van der Waals surface area contributed by atoms with Crippen molar-refractivity contribution in [3.8, 4) is 11.3 Å². The molecular weight excluding hydrogens is 390 g/mol. The average Bonchev–Trinajstić information content (AvgIpc) is 3.19. The van der Waals surface area contributed by atoms with Crippen molar-refractivity contribution < 1.29 is 28.4 Å². The number of carbonyl (C=O) groups excluding carboxylic acids is 2. The van der Waals surface area contributed by atoms with Crippen molar-refractivity contribution in [1.29, 1.82) is 0 Å². The van der Waals surface area contributed by atoms with E-state index in [-0.39, 0.29) is 17.0 Å². The van der Waals surface area contributed by atoms with Gasteiger partial charge in [-0.25, -0.2) is 9.59 Å². The maximum absolute atomic E-state index is 12.3. The lowest BCUT2D eigenvalue weighted by molar-refractivity contribution is -0.384. The van der Waals surface area contributed by atoms with Gasteiger partial charge in [0.05, 0.1) is 4.92 Å². The zero-order valence-electron chi connectivity index (χ0n) is 15.7. The number of aryl methyl sites for hydroxylation is 1. The summed E-state index contributed by atoms with van der Waals surface area (Å²) in [5, 5.41) is 10.9. The van der Waals surface area contributed by atoms with Gasteiger partial charge in [0.1, 0.15) is 17.1 Å². The molecule has 0 unspecified atom stereocenters. The van der Waals surface area contributed by atoms with Gasteiger partial charge in [-0.1, -0.05) is 30.3 Å². The molecular formula is C22H15NO7. The number of ether oxygens (including phenoxy) is 2. The molecule has 0 aliphatic carbocycles. The van der Waals surface area contributed by atoms with E-state index in [1.54, 1.807) is 55.5 Å². The minimum atomic E-state index is -1.10. The highest BCUT2D eigenvalue weighted by atomic mass is 16.7. The summed E-state index contributed by atoms with van der Waals surface area (Å²) < 4.78 is 16.1. The number of benzene rings is 2. The lowest BCUT2D eigenvalue weighted by Gasteiger charge is -2.23. The highest BCUT2D eigenvalue weighted by Gasteiger charge is 2.34. The Bertz CT molecular complexity index is 1160. The number of rotatable bonds is 4. The minimum absolute atomic E-state index is 0.0224. The predicted molar refractivity (Wildman–Crippen MR) is 105 cm³/mol. The van der Waals surface area contributed by atoms with E-state index in [1.165, 1.54) is 18.2 Å². The molecule has 0 bridgehead atoms. The van der Waals surface area contributed by atoms with Crippen LogP contribution in [0.4, 0.5) is 5.69 Å². The number of carbonyl (C=O) groups is 2. The van der Waals surface area contributed by atoms with Crippen molar-refractivity contribution in [2.45, 2.75) is 13.2 Å². The van der Waals surface area contributed by atoms with E-state index in [9.17, 15) is 19.7 Å². The van der Waals surface area contributed by atoms with E-state index >= 15 is 0 Å². The van der Waals surface area contributed by atoms with Crippen LogP contribution in [0.1, 0.15) is 23.2 Å². The van der Waals surface area contributed by atoms with E-state index in [0.717, 1.165) is 0 Å². The van der Waals surface area contributed by atoms with Crippen molar-refractivity contribution in [3.63, 3.8) is 0 Å². The Morgan fingerprint density at radius 3 is 2.30 bits per heavy atom. The van der Waals surface area contributed by atoms with E-state index in [0.29, 0.717) is 22.5 Å². The third-order valence-electron chi connectivity index (χ3n) is 4.54. The molecule has 30 heavy (non-hydrogen) atoms. The summed E-state index contributed by atoms with van der Waals surface area (Å²) in [6, 6.07) is 16.3. The highest BCUT2D eigenvalue weighted by Crippen LogP contribution is 2.31. The summed E-state index contributed by atoms with van der Waals surface area (Å²) in [7, 11) is 0. The van der Waals surface area contributed by atoms with Crippen molar-refractivity contribution in [2.24, 2.45) is 0 Å². The molecule has 0 radical (unpaired) electrons. The van der Waals surface area contributed by atoms with Gasteiger partial charge in [0.2, 0.25) is 0 Å². The lowest BCUT2D eigenvalue weighted by atomic mass is 10.1. The molecule has 0 spiro atoms. The van der Waals surface area contributed by atoms with Gasteiger partial charge in [-0.3, -0.25) is 10.1 Å². The van der Waals surface area contributed by atoms with E-state index in [4.69, 9.17) is 13.9 Å². The molecule has 2 heterocycles. The van der Waals surface area contributed by atoms with Crippen LogP contribution in [0.3, 0.4) is 0 Å². The number of esters is 2. The molecule has 4 rings (SSSR count). The topological polar surface area (TPSA) is 109 Å². The van der Waals surface area contributed by atoms with Gasteiger partial charge in [0, 0.05) is 29.3 Å². The van der Waals surface area contributed by atoms with Crippen LogP contribution in [-0.2, 0) is 19.1 Å². The fourth-order valence-corrected chi connectivity index (χ4v) is 3.05. The largest absolute Gasteiger partial charge is 0.457 e. The molecule has 150 valence electrons. The Balaban J connectivity index is 1.56. The van der Waals surface area contributed by atoms with Gasteiger partial charge in [-0.15, -0.1) is 0 Å². The third-order valence-corrected chi connectivity index (χ3v) is 4.54. The highest BCUT2D eigenvalue weighted by molar-refractivity contribution is 6.18. The predicted octanol–water partition coefficient (Wildman–Crippen LogP) is 4.35. The monoisotopic (exact) mass is 405 g/mol. The van der Waals surface area contributed by atoms with Crippen LogP contribution >= 0.6 is 0 Å². The van der Waals surface area contributed by atoms with Crippen molar-refractivity contribution in [2.75, 3.05) is 0 Å². The maximum Gasteiger partial charge on any atom is 0.349 e. The minimum Gasteiger partial charge on any atom is -0.457 e. The number of nitro groups is 1. The second-order valence-electron chi connectivity index (χ2n) is 6.57. The Kier molecular flexibility index (Phi) is 4.89. The molecule has 2 aromatic carbocycles. The summed E-state index contributed by atoms with van der Waals surface area (Å²) in [6.45, 7) is 1.72. The summed E-state index contributed by atoms with van der Waals surface area (Å²) in [4.78, 5) is 35.1. The molecule has 8 nitrogen and oxygen atoms in total. The molecule has 0 saturated carbocycles. The fourth-order valence-electron chi connectivity index (χ4n) is 3.05. The standard InChI is InChI=1S/C22H15NO7/c1-13-11-15(23(26)27)7-9-17(13)19-10-8-16(28-19)12-18-20(24)29-22(30-21(18)25)14-5-3-2-4-6-14/h2-12,22H,1H3. The Morgan fingerprint density at radius 2 is 1.67 bits per heavy atom. The van der Waals surface area contributed by atoms with Gasteiger partial charge in [0.15, 0.2) is 0 Å². The molecule has 1 aromatic heterocycles. The quantitative estimate of drug-likeness (QED) is 0.209. The molecule has 1 saturated heterocycles. The first kappa shape index (κ1) is 19.1. The molecule has 0 N–H and O–H groups in total.